The van der Waals surface area contributed by atoms with E-state index in [1.165, 1.54) is 11.8 Å². The number of anilines is 1. The molecule has 1 aliphatic rings. The topological polar surface area (TPSA) is 75.4 Å². The third-order valence-corrected chi connectivity index (χ3v) is 4.29. The molecule has 20 heavy (non-hydrogen) atoms. The summed E-state index contributed by atoms with van der Waals surface area (Å²) in [6.07, 6.45) is 3.40. The number of sulfonamides is 1. The van der Waals surface area contributed by atoms with E-state index in [1.807, 2.05) is 18.2 Å². The lowest BCUT2D eigenvalue weighted by Gasteiger charge is -2.32. The van der Waals surface area contributed by atoms with Gasteiger partial charge < -0.3 is 5.73 Å². The van der Waals surface area contributed by atoms with Crippen LogP contribution < -0.4 is 10.5 Å². The Balaban J connectivity index is 1.87. The molecule has 0 saturated carbocycles. The predicted octanol–water partition coefficient (Wildman–Crippen LogP) is 1.03. The SMILES string of the molecule is CS(=O)(=O)NCC1CCCN(Cc2cccc(N)c2)C1. The van der Waals surface area contributed by atoms with E-state index in [0.717, 1.165) is 38.2 Å². The number of benzene rings is 1. The highest BCUT2D eigenvalue weighted by Crippen LogP contribution is 2.19. The van der Waals surface area contributed by atoms with Gasteiger partial charge in [-0.05, 0) is 43.0 Å². The number of piperidine rings is 1. The van der Waals surface area contributed by atoms with E-state index < -0.39 is 10.0 Å². The van der Waals surface area contributed by atoms with Crippen LogP contribution in [0.5, 0.6) is 0 Å². The van der Waals surface area contributed by atoms with Crippen molar-refractivity contribution in [2.24, 2.45) is 5.92 Å². The number of nitrogen functional groups attached to an aromatic ring is 1. The molecule has 112 valence electrons. The van der Waals surface area contributed by atoms with Crippen LogP contribution >= 0.6 is 0 Å². The third kappa shape index (κ3) is 5.11. The monoisotopic (exact) mass is 297 g/mol. The van der Waals surface area contributed by atoms with Gasteiger partial charge in [0.25, 0.3) is 0 Å². The summed E-state index contributed by atoms with van der Waals surface area (Å²) in [5.74, 6) is 0.388. The van der Waals surface area contributed by atoms with Crippen molar-refractivity contribution in [1.29, 1.82) is 0 Å². The van der Waals surface area contributed by atoms with Gasteiger partial charge in [0, 0.05) is 25.3 Å². The fourth-order valence-electron chi connectivity index (χ4n) is 2.68. The van der Waals surface area contributed by atoms with Gasteiger partial charge in [-0.3, -0.25) is 4.90 Å². The van der Waals surface area contributed by atoms with Gasteiger partial charge in [0.1, 0.15) is 0 Å². The smallest absolute Gasteiger partial charge is 0.208 e. The van der Waals surface area contributed by atoms with Crippen molar-refractivity contribution in [1.82, 2.24) is 9.62 Å². The molecule has 0 spiro atoms. The first-order chi connectivity index (χ1) is 9.42. The Kier molecular flexibility index (Phi) is 5.01. The number of rotatable bonds is 5. The van der Waals surface area contributed by atoms with Crippen LogP contribution in [-0.4, -0.2) is 39.2 Å². The van der Waals surface area contributed by atoms with Crippen molar-refractivity contribution in [2.45, 2.75) is 19.4 Å². The first-order valence-corrected chi connectivity index (χ1v) is 8.83. The molecular weight excluding hydrogens is 274 g/mol. The van der Waals surface area contributed by atoms with Gasteiger partial charge >= 0.3 is 0 Å². The maximum Gasteiger partial charge on any atom is 0.208 e. The van der Waals surface area contributed by atoms with E-state index in [4.69, 9.17) is 5.73 Å². The highest BCUT2D eigenvalue weighted by atomic mass is 32.2. The fourth-order valence-corrected chi connectivity index (χ4v) is 3.22. The van der Waals surface area contributed by atoms with E-state index in [-0.39, 0.29) is 0 Å². The van der Waals surface area contributed by atoms with Gasteiger partial charge in [0.2, 0.25) is 10.0 Å². The minimum absolute atomic E-state index is 0.388. The molecule has 5 nitrogen and oxygen atoms in total. The normalized spacial score (nSPS) is 20.9. The van der Waals surface area contributed by atoms with Gasteiger partial charge in [-0.2, -0.15) is 0 Å². The lowest BCUT2D eigenvalue weighted by Crippen LogP contribution is -2.40. The first-order valence-electron chi connectivity index (χ1n) is 6.94. The molecule has 0 radical (unpaired) electrons. The van der Waals surface area contributed by atoms with Gasteiger partial charge in [0.05, 0.1) is 6.26 Å². The molecule has 1 aliphatic heterocycles. The van der Waals surface area contributed by atoms with Crippen molar-refractivity contribution in [2.75, 3.05) is 31.6 Å². The second-order valence-corrected chi connectivity index (χ2v) is 7.44. The van der Waals surface area contributed by atoms with Crippen LogP contribution in [0.25, 0.3) is 0 Å². The van der Waals surface area contributed by atoms with Crippen molar-refractivity contribution in [3.8, 4) is 0 Å². The summed E-state index contributed by atoms with van der Waals surface area (Å²) in [7, 11) is -3.09. The second-order valence-electron chi connectivity index (χ2n) is 5.61. The lowest BCUT2D eigenvalue weighted by atomic mass is 9.98. The van der Waals surface area contributed by atoms with Gasteiger partial charge in [0.15, 0.2) is 0 Å². The zero-order valence-electron chi connectivity index (χ0n) is 11.9. The van der Waals surface area contributed by atoms with Crippen molar-refractivity contribution >= 4 is 15.7 Å². The molecule has 0 amide bonds. The maximum atomic E-state index is 11.1. The summed E-state index contributed by atoms with van der Waals surface area (Å²) in [6, 6.07) is 7.93. The maximum absolute atomic E-state index is 11.1. The number of hydrogen-bond donors (Lipinski definition) is 2. The Morgan fingerprint density at radius 2 is 2.25 bits per heavy atom. The van der Waals surface area contributed by atoms with Gasteiger partial charge in [-0.25, -0.2) is 13.1 Å². The van der Waals surface area contributed by atoms with Crippen LogP contribution in [-0.2, 0) is 16.6 Å². The standard InChI is InChI=1S/C14H23N3O2S/c1-20(18,19)16-9-13-5-3-7-17(11-13)10-12-4-2-6-14(15)8-12/h2,4,6,8,13,16H,3,5,7,9-11,15H2,1H3. The molecule has 1 fully saturated rings. The van der Waals surface area contributed by atoms with Crippen LogP contribution in [0.15, 0.2) is 24.3 Å². The minimum Gasteiger partial charge on any atom is -0.399 e. The first kappa shape index (κ1) is 15.3. The molecule has 1 atom stereocenters. The summed E-state index contributed by atoms with van der Waals surface area (Å²) in [5, 5.41) is 0. The fraction of sp³-hybridized carbons (Fsp3) is 0.571. The van der Waals surface area contributed by atoms with Crippen LogP contribution in [0.4, 0.5) is 5.69 Å². The summed E-state index contributed by atoms with van der Waals surface area (Å²) in [6.45, 7) is 3.40. The molecule has 0 bridgehead atoms. The Hall–Kier alpha value is -1.11. The summed E-state index contributed by atoms with van der Waals surface area (Å²) < 4.78 is 24.9. The molecule has 1 aromatic carbocycles. The zero-order chi connectivity index (χ0) is 14.6. The molecule has 1 saturated heterocycles. The largest absolute Gasteiger partial charge is 0.399 e. The molecule has 0 aliphatic carbocycles. The van der Waals surface area contributed by atoms with E-state index in [9.17, 15) is 8.42 Å². The molecule has 1 heterocycles. The molecule has 1 unspecified atom stereocenters. The number of nitrogens with two attached hydrogens (primary N) is 1. The molecule has 2 rings (SSSR count). The summed E-state index contributed by atoms with van der Waals surface area (Å²) in [5.41, 5.74) is 7.79. The van der Waals surface area contributed by atoms with Crippen LogP contribution in [0.1, 0.15) is 18.4 Å². The molecule has 6 heteroatoms. The molecule has 0 aromatic heterocycles. The van der Waals surface area contributed by atoms with E-state index in [1.54, 1.807) is 0 Å². The summed E-state index contributed by atoms with van der Waals surface area (Å²) >= 11 is 0. The number of hydrogen-bond acceptors (Lipinski definition) is 4. The molecular formula is C14H23N3O2S. The number of nitrogens with zero attached hydrogens (tertiary/aromatic N) is 1. The molecule has 1 aromatic rings. The van der Waals surface area contributed by atoms with E-state index >= 15 is 0 Å². The zero-order valence-corrected chi connectivity index (χ0v) is 12.7. The van der Waals surface area contributed by atoms with Crippen molar-refractivity contribution in [3.05, 3.63) is 29.8 Å². The van der Waals surface area contributed by atoms with Gasteiger partial charge in [-0.1, -0.05) is 12.1 Å². The van der Waals surface area contributed by atoms with Crippen LogP contribution in [0.3, 0.4) is 0 Å². The highest BCUT2D eigenvalue weighted by molar-refractivity contribution is 7.88. The van der Waals surface area contributed by atoms with Crippen molar-refractivity contribution < 1.29 is 8.42 Å². The number of likely N-dealkylation sites (tertiary alicyclic amines) is 1. The number of nitrogens with one attached hydrogen (secondary N) is 1. The Bertz CT molecular complexity index is 545. The predicted molar refractivity (Wildman–Crippen MR) is 81.7 cm³/mol. The minimum atomic E-state index is -3.09. The Labute approximate surface area is 121 Å². The van der Waals surface area contributed by atoms with Gasteiger partial charge in [-0.15, -0.1) is 0 Å². The average molecular weight is 297 g/mol. The molecule has 3 N–H and O–H groups in total. The van der Waals surface area contributed by atoms with E-state index in [0.29, 0.717) is 12.5 Å². The third-order valence-electron chi connectivity index (χ3n) is 3.59. The van der Waals surface area contributed by atoms with Crippen molar-refractivity contribution in [3.63, 3.8) is 0 Å². The van der Waals surface area contributed by atoms with Crippen LogP contribution in [0, 0.1) is 5.92 Å². The second kappa shape index (κ2) is 6.56. The Morgan fingerprint density at radius 3 is 2.95 bits per heavy atom. The summed E-state index contributed by atoms with van der Waals surface area (Å²) in [4.78, 5) is 2.37. The quantitative estimate of drug-likeness (QED) is 0.796. The average Bonchev–Trinajstić information content (AvgIpc) is 2.36. The van der Waals surface area contributed by atoms with Crippen LogP contribution in [0.2, 0.25) is 0 Å². The van der Waals surface area contributed by atoms with E-state index in [2.05, 4.69) is 15.7 Å². The Morgan fingerprint density at radius 1 is 1.45 bits per heavy atom. The highest BCUT2D eigenvalue weighted by Gasteiger charge is 2.20. The lowest BCUT2D eigenvalue weighted by molar-refractivity contribution is 0.169.